The maximum Gasteiger partial charge on any atom is 0.325 e. The zero-order valence-electron chi connectivity index (χ0n) is 18.0. The lowest BCUT2D eigenvalue weighted by molar-refractivity contribution is -0.137. The molecule has 3 rings (SSSR count). The average molecular weight is 400 g/mol. The molecule has 0 bridgehead atoms. The first-order valence-corrected chi connectivity index (χ1v) is 10.8. The van der Waals surface area contributed by atoms with Crippen LogP contribution in [0.5, 0.6) is 0 Å². The number of hydrogen-bond donors (Lipinski definition) is 2. The standard InChI is InChI=1S/C23H33N3O3/c1-5-17-9-11-18(12-10-17)20(15(2)3)24-19(27)14-26-21(28)23(25-22(26)29)13-7-6-8-16(23)4/h9-12,15-16,20H,5-8,13-14H2,1-4H3,(H,24,27)(H,25,29)/t16-,20-,23+/m0/s1. The van der Waals surface area contributed by atoms with Gasteiger partial charge in [-0.25, -0.2) is 4.79 Å². The molecule has 1 aromatic carbocycles. The van der Waals surface area contributed by atoms with Gasteiger partial charge >= 0.3 is 6.03 Å². The molecule has 1 aromatic rings. The van der Waals surface area contributed by atoms with Gasteiger partial charge < -0.3 is 10.6 Å². The first-order chi connectivity index (χ1) is 13.8. The molecule has 1 aliphatic heterocycles. The first kappa shape index (κ1) is 21.3. The summed E-state index contributed by atoms with van der Waals surface area (Å²) in [6, 6.07) is 7.60. The van der Waals surface area contributed by atoms with Crippen molar-refractivity contribution in [3.63, 3.8) is 0 Å². The summed E-state index contributed by atoms with van der Waals surface area (Å²) in [5.41, 5.74) is 1.44. The van der Waals surface area contributed by atoms with Crippen molar-refractivity contribution in [1.29, 1.82) is 0 Å². The van der Waals surface area contributed by atoms with Crippen molar-refractivity contribution >= 4 is 17.8 Å². The maximum atomic E-state index is 13.1. The minimum absolute atomic E-state index is 0.0845. The van der Waals surface area contributed by atoms with Crippen molar-refractivity contribution in [2.45, 2.75) is 71.4 Å². The highest BCUT2D eigenvalue weighted by Gasteiger charge is 2.55. The Labute approximate surface area is 173 Å². The monoisotopic (exact) mass is 399 g/mol. The normalized spacial score (nSPS) is 25.4. The molecule has 1 spiro atoms. The fraction of sp³-hybridized carbons (Fsp3) is 0.609. The van der Waals surface area contributed by atoms with Crippen molar-refractivity contribution in [3.8, 4) is 0 Å². The van der Waals surface area contributed by atoms with Crippen LogP contribution in [0.4, 0.5) is 4.79 Å². The van der Waals surface area contributed by atoms with Crippen molar-refractivity contribution in [1.82, 2.24) is 15.5 Å². The van der Waals surface area contributed by atoms with Crippen molar-refractivity contribution in [2.75, 3.05) is 6.54 Å². The minimum atomic E-state index is -0.830. The quantitative estimate of drug-likeness (QED) is 0.718. The Bertz CT molecular complexity index is 774. The Morgan fingerprint density at radius 2 is 1.93 bits per heavy atom. The number of amides is 4. The molecule has 2 fully saturated rings. The second kappa shape index (κ2) is 8.56. The number of aryl methyl sites for hydroxylation is 1. The summed E-state index contributed by atoms with van der Waals surface area (Å²) in [4.78, 5) is 39.4. The van der Waals surface area contributed by atoms with Crippen molar-refractivity contribution in [3.05, 3.63) is 35.4 Å². The Morgan fingerprint density at radius 1 is 1.24 bits per heavy atom. The highest BCUT2D eigenvalue weighted by molar-refractivity contribution is 6.09. The molecule has 1 aliphatic carbocycles. The highest BCUT2D eigenvalue weighted by atomic mass is 16.2. The first-order valence-electron chi connectivity index (χ1n) is 10.8. The molecule has 0 radical (unpaired) electrons. The molecular formula is C23H33N3O3. The van der Waals surface area contributed by atoms with Gasteiger partial charge in [-0.15, -0.1) is 0 Å². The number of carbonyl (C=O) groups excluding carboxylic acids is 3. The Hall–Kier alpha value is -2.37. The van der Waals surface area contributed by atoms with Crippen LogP contribution in [0, 0.1) is 11.8 Å². The van der Waals surface area contributed by atoms with E-state index in [2.05, 4.69) is 29.7 Å². The molecule has 6 heteroatoms. The van der Waals surface area contributed by atoms with Crippen LogP contribution in [0.2, 0.25) is 0 Å². The lowest BCUT2D eigenvalue weighted by atomic mass is 9.73. The number of urea groups is 1. The molecule has 0 aromatic heterocycles. The fourth-order valence-corrected chi connectivity index (χ4v) is 4.60. The van der Waals surface area contributed by atoms with Gasteiger partial charge in [0, 0.05) is 0 Å². The molecule has 4 amide bonds. The van der Waals surface area contributed by atoms with E-state index < -0.39 is 11.6 Å². The van der Waals surface area contributed by atoms with E-state index >= 15 is 0 Å². The SMILES string of the molecule is CCc1ccc([C@@H](NC(=O)CN2C(=O)N[C@@]3(CCCC[C@@H]3C)C2=O)C(C)C)cc1. The summed E-state index contributed by atoms with van der Waals surface area (Å²) in [5.74, 6) is -0.300. The summed E-state index contributed by atoms with van der Waals surface area (Å²) in [5, 5.41) is 5.93. The van der Waals surface area contributed by atoms with Gasteiger partial charge in [0.1, 0.15) is 12.1 Å². The van der Waals surface area contributed by atoms with E-state index in [0.717, 1.165) is 36.1 Å². The van der Waals surface area contributed by atoms with Crippen LogP contribution in [-0.4, -0.2) is 34.8 Å². The Morgan fingerprint density at radius 3 is 2.52 bits per heavy atom. The molecule has 1 saturated carbocycles. The number of nitrogens with zero attached hydrogens (tertiary/aromatic N) is 1. The number of rotatable bonds is 6. The summed E-state index contributed by atoms with van der Waals surface area (Å²) >= 11 is 0. The van der Waals surface area contributed by atoms with E-state index in [9.17, 15) is 14.4 Å². The van der Waals surface area contributed by atoms with E-state index in [-0.39, 0.29) is 36.2 Å². The summed E-state index contributed by atoms with van der Waals surface area (Å²) in [6.07, 6.45) is 4.51. The molecule has 6 nitrogen and oxygen atoms in total. The lowest BCUT2D eigenvalue weighted by Gasteiger charge is -2.36. The Balaban J connectivity index is 1.70. The number of imide groups is 1. The van der Waals surface area contributed by atoms with Gasteiger partial charge in [-0.1, -0.05) is 64.8 Å². The van der Waals surface area contributed by atoms with Gasteiger partial charge in [-0.3, -0.25) is 14.5 Å². The zero-order chi connectivity index (χ0) is 21.2. The van der Waals surface area contributed by atoms with Crippen LogP contribution < -0.4 is 10.6 Å². The predicted octanol–water partition coefficient (Wildman–Crippen LogP) is 3.56. The van der Waals surface area contributed by atoms with Crippen LogP contribution in [0.3, 0.4) is 0 Å². The van der Waals surface area contributed by atoms with Crippen LogP contribution in [0.1, 0.15) is 70.5 Å². The van der Waals surface area contributed by atoms with Gasteiger partial charge in [-0.05, 0) is 42.2 Å². The molecule has 2 aliphatic rings. The third-order valence-corrected chi connectivity index (χ3v) is 6.53. The summed E-state index contributed by atoms with van der Waals surface area (Å²) in [7, 11) is 0. The minimum Gasteiger partial charge on any atom is -0.347 e. The fourth-order valence-electron chi connectivity index (χ4n) is 4.60. The number of benzene rings is 1. The van der Waals surface area contributed by atoms with Crippen LogP contribution in [0.15, 0.2) is 24.3 Å². The smallest absolute Gasteiger partial charge is 0.325 e. The zero-order valence-corrected chi connectivity index (χ0v) is 18.0. The van der Waals surface area contributed by atoms with Gasteiger partial charge in [0.05, 0.1) is 6.04 Å². The van der Waals surface area contributed by atoms with Crippen molar-refractivity contribution in [2.24, 2.45) is 11.8 Å². The molecule has 158 valence electrons. The van der Waals surface area contributed by atoms with Crippen LogP contribution >= 0.6 is 0 Å². The largest absolute Gasteiger partial charge is 0.347 e. The highest BCUT2D eigenvalue weighted by Crippen LogP contribution is 2.38. The van der Waals surface area contributed by atoms with Gasteiger partial charge in [0.15, 0.2) is 0 Å². The van der Waals surface area contributed by atoms with Crippen molar-refractivity contribution < 1.29 is 14.4 Å². The van der Waals surface area contributed by atoms with E-state index in [1.165, 1.54) is 5.56 Å². The molecule has 3 atom stereocenters. The van der Waals surface area contributed by atoms with E-state index in [1.807, 2.05) is 32.9 Å². The average Bonchev–Trinajstić information content (AvgIpc) is 2.93. The second-order valence-corrected chi connectivity index (χ2v) is 8.82. The van der Waals surface area contributed by atoms with E-state index in [1.54, 1.807) is 0 Å². The molecule has 1 saturated heterocycles. The summed E-state index contributed by atoms with van der Waals surface area (Å²) < 4.78 is 0. The van der Waals surface area contributed by atoms with Gasteiger partial charge in [0.25, 0.3) is 5.91 Å². The number of hydrogen-bond acceptors (Lipinski definition) is 3. The molecule has 1 heterocycles. The van der Waals surface area contributed by atoms with Crippen LogP contribution in [0.25, 0.3) is 0 Å². The molecule has 2 N–H and O–H groups in total. The topological polar surface area (TPSA) is 78.5 Å². The van der Waals surface area contributed by atoms with Gasteiger partial charge in [-0.2, -0.15) is 0 Å². The van der Waals surface area contributed by atoms with E-state index in [4.69, 9.17) is 0 Å². The number of nitrogens with one attached hydrogen (secondary N) is 2. The second-order valence-electron chi connectivity index (χ2n) is 8.82. The molecule has 0 unspecified atom stereocenters. The predicted molar refractivity (Wildman–Crippen MR) is 112 cm³/mol. The third-order valence-electron chi connectivity index (χ3n) is 6.53. The third kappa shape index (κ3) is 4.16. The maximum absolute atomic E-state index is 13.1. The van der Waals surface area contributed by atoms with Gasteiger partial charge in [0.2, 0.25) is 5.91 Å². The summed E-state index contributed by atoms with van der Waals surface area (Å²) in [6.45, 7) is 7.97. The van der Waals surface area contributed by atoms with Crippen LogP contribution in [-0.2, 0) is 16.0 Å². The van der Waals surface area contributed by atoms with E-state index in [0.29, 0.717) is 6.42 Å². The lowest BCUT2D eigenvalue weighted by Crippen LogP contribution is -2.54. The number of carbonyl (C=O) groups is 3. The Kier molecular flexibility index (Phi) is 6.30. The molecule has 29 heavy (non-hydrogen) atoms. The molecular weight excluding hydrogens is 366 g/mol.